The van der Waals surface area contributed by atoms with Gasteiger partial charge < -0.3 is 9.84 Å². The van der Waals surface area contributed by atoms with Crippen LogP contribution in [0.5, 0.6) is 0 Å². The lowest BCUT2D eigenvalue weighted by Gasteiger charge is -2.05. The van der Waals surface area contributed by atoms with Crippen LogP contribution in [0.2, 0.25) is 0 Å². The minimum Gasteiger partial charge on any atom is -0.344 e. The van der Waals surface area contributed by atoms with E-state index in [0.29, 0.717) is 0 Å². The van der Waals surface area contributed by atoms with Crippen LogP contribution in [0.25, 0.3) is 11.4 Å². The Labute approximate surface area is 144 Å². The standard InChI is InChI=1S/C17H11F4N3O2/c18-13-4-2-1-3-11(13)9-22-15(25)16-23-14(24-26-16)10-5-7-12(8-6-10)17(19,20)21/h1-8H,9H2,(H,22,25). The van der Waals surface area contributed by atoms with Crippen molar-refractivity contribution in [2.24, 2.45) is 0 Å². The summed E-state index contributed by atoms with van der Waals surface area (Å²) in [5.41, 5.74) is -0.272. The van der Waals surface area contributed by atoms with E-state index in [-0.39, 0.29) is 29.4 Å². The number of carbonyl (C=O) groups excluding carboxylic acids is 1. The monoisotopic (exact) mass is 365 g/mol. The van der Waals surface area contributed by atoms with Crippen molar-refractivity contribution in [3.8, 4) is 11.4 Å². The topological polar surface area (TPSA) is 68.0 Å². The third kappa shape index (κ3) is 3.88. The van der Waals surface area contributed by atoms with E-state index in [1.165, 1.54) is 30.3 Å². The Kier molecular flexibility index (Phi) is 4.70. The molecule has 0 aliphatic rings. The molecule has 1 amide bonds. The van der Waals surface area contributed by atoms with Crippen molar-refractivity contribution < 1.29 is 26.9 Å². The number of nitrogens with one attached hydrogen (secondary N) is 1. The molecule has 1 N–H and O–H groups in total. The van der Waals surface area contributed by atoms with Crippen LogP contribution in [0, 0.1) is 5.82 Å². The van der Waals surface area contributed by atoms with Gasteiger partial charge in [0.1, 0.15) is 5.82 Å². The number of hydrogen-bond acceptors (Lipinski definition) is 4. The normalized spacial score (nSPS) is 11.4. The predicted molar refractivity (Wildman–Crippen MR) is 82.3 cm³/mol. The smallest absolute Gasteiger partial charge is 0.344 e. The number of halogens is 4. The minimum atomic E-state index is -4.45. The van der Waals surface area contributed by atoms with Gasteiger partial charge in [-0.15, -0.1) is 0 Å². The number of rotatable bonds is 4. The third-order valence-electron chi connectivity index (χ3n) is 3.49. The van der Waals surface area contributed by atoms with Crippen molar-refractivity contribution in [3.63, 3.8) is 0 Å². The largest absolute Gasteiger partial charge is 0.416 e. The fourth-order valence-corrected chi connectivity index (χ4v) is 2.13. The molecule has 0 bridgehead atoms. The number of amides is 1. The highest BCUT2D eigenvalue weighted by Gasteiger charge is 2.30. The molecule has 134 valence electrons. The first-order valence-corrected chi connectivity index (χ1v) is 7.37. The fraction of sp³-hybridized carbons (Fsp3) is 0.118. The van der Waals surface area contributed by atoms with Crippen LogP contribution >= 0.6 is 0 Å². The Bertz CT molecular complexity index is 920. The molecule has 0 radical (unpaired) electrons. The lowest BCUT2D eigenvalue weighted by Crippen LogP contribution is -2.23. The molecule has 0 unspecified atom stereocenters. The summed E-state index contributed by atoms with van der Waals surface area (Å²) in [5.74, 6) is -1.60. The van der Waals surface area contributed by atoms with Crippen LogP contribution in [-0.4, -0.2) is 16.0 Å². The molecule has 2 aromatic carbocycles. The summed E-state index contributed by atoms with van der Waals surface area (Å²) in [5, 5.41) is 6.00. The molecule has 3 aromatic rings. The van der Waals surface area contributed by atoms with Crippen LogP contribution < -0.4 is 5.32 Å². The number of nitrogens with zero attached hydrogens (tertiary/aromatic N) is 2. The molecule has 9 heteroatoms. The van der Waals surface area contributed by atoms with Crippen molar-refractivity contribution in [2.75, 3.05) is 0 Å². The zero-order valence-corrected chi connectivity index (χ0v) is 13.0. The second kappa shape index (κ2) is 6.95. The zero-order valence-electron chi connectivity index (χ0n) is 13.0. The molecule has 0 aliphatic heterocycles. The van der Waals surface area contributed by atoms with Gasteiger partial charge in [0.05, 0.1) is 5.56 Å². The average molecular weight is 365 g/mol. The lowest BCUT2D eigenvalue weighted by atomic mass is 10.1. The zero-order chi connectivity index (χ0) is 18.7. The van der Waals surface area contributed by atoms with Crippen LogP contribution in [-0.2, 0) is 12.7 Å². The molecule has 1 heterocycles. The van der Waals surface area contributed by atoms with Gasteiger partial charge in [0.25, 0.3) is 0 Å². The maximum Gasteiger partial charge on any atom is 0.416 e. The molecule has 5 nitrogen and oxygen atoms in total. The average Bonchev–Trinajstić information content (AvgIpc) is 3.10. The Morgan fingerprint density at radius 1 is 1.08 bits per heavy atom. The Morgan fingerprint density at radius 3 is 2.42 bits per heavy atom. The van der Waals surface area contributed by atoms with E-state index < -0.39 is 23.5 Å². The molecule has 26 heavy (non-hydrogen) atoms. The summed E-state index contributed by atoms with van der Waals surface area (Å²) in [4.78, 5) is 15.8. The number of hydrogen-bond donors (Lipinski definition) is 1. The summed E-state index contributed by atoms with van der Waals surface area (Å²) >= 11 is 0. The maximum absolute atomic E-state index is 13.5. The first kappa shape index (κ1) is 17.6. The van der Waals surface area contributed by atoms with Crippen LogP contribution in [0.4, 0.5) is 17.6 Å². The molecule has 0 spiro atoms. The summed E-state index contributed by atoms with van der Waals surface area (Å²) in [6, 6.07) is 10.0. The molecule has 3 rings (SSSR count). The predicted octanol–water partition coefficient (Wildman–Crippen LogP) is 3.82. The Balaban J connectivity index is 1.69. The first-order valence-electron chi connectivity index (χ1n) is 7.37. The van der Waals surface area contributed by atoms with Gasteiger partial charge in [-0.25, -0.2) is 4.39 Å². The van der Waals surface area contributed by atoms with Crippen LogP contribution in [0.1, 0.15) is 21.8 Å². The highest BCUT2D eigenvalue weighted by molar-refractivity contribution is 5.89. The van der Waals surface area contributed by atoms with E-state index in [0.717, 1.165) is 12.1 Å². The molecule has 0 saturated carbocycles. The van der Waals surface area contributed by atoms with E-state index in [1.807, 2.05) is 0 Å². The van der Waals surface area contributed by atoms with Gasteiger partial charge in [-0.3, -0.25) is 4.79 Å². The number of carbonyl (C=O) groups is 1. The van der Waals surface area contributed by atoms with Gasteiger partial charge in [-0.2, -0.15) is 18.2 Å². The molecule has 0 atom stereocenters. The van der Waals surface area contributed by atoms with Gasteiger partial charge in [0.15, 0.2) is 0 Å². The summed E-state index contributed by atoms with van der Waals surface area (Å²) < 4.78 is 56.0. The van der Waals surface area contributed by atoms with E-state index in [4.69, 9.17) is 4.52 Å². The van der Waals surface area contributed by atoms with Crippen molar-refractivity contribution in [2.45, 2.75) is 12.7 Å². The first-order chi connectivity index (χ1) is 12.3. The van der Waals surface area contributed by atoms with Crippen molar-refractivity contribution >= 4 is 5.91 Å². The molecule has 0 aliphatic carbocycles. The minimum absolute atomic E-state index is 0.0326. The second-order valence-electron chi connectivity index (χ2n) is 5.27. The Morgan fingerprint density at radius 2 is 1.77 bits per heavy atom. The number of alkyl halides is 3. The fourth-order valence-electron chi connectivity index (χ4n) is 2.13. The molecule has 0 fully saturated rings. The third-order valence-corrected chi connectivity index (χ3v) is 3.49. The molecular formula is C17H11F4N3O2. The van der Waals surface area contributed by atoms with E-state index in [9.17, 15) is 22.4 Å². The van der Waals surface area contributed by atoms with Crippen LogP contribution in [0.15, 0.2) is 53.1 Å². The SMILES string of the molecule is O=C(NCc1ccccc1F)c1nc(-c2ccc(C(F)(F)F)cc2)no1. The van der Waals surface area contributed by atoms with Gasteiger partial charge in [-0.1, -0.05) is 35.5 Å². The van der Waals surface area contributed by atoms with Crippen LogP contribution in [0.3, 0.4) is 0 Å². The van der Waals surface area contributed by atoms with Crippen molar-refractivity contribution in [1.29, 1.82) is 0 Å². The quantitative estimate of drug-likeness (QED) is 0.714. The second-order valence-corrected chi connectivity index (χ2v) is 5.27. The summed E-state index contributed by atoms with van der Waals surface area (Å²) in [6.45, 7) is -0.0799. The summed E-state index contributed by atoms with van der Waals surface area (Å²) in [7, 11) is 0. The van der Waals surface area contributed by atoms with Gasteiger partial charge in [0, 0.05) is 17.7 Å². The van der Waals surface area contributed by atoms with E-state index >= 15 is 0 Å². The van der Waals surface area contributed by atoms with Crippen molar-refractivity contribution in [1.82, 2.24) is 15.5 Å². The number of benzene rings is 2. The summed E-state index contributed by atoms with van der Waals surface area (Å²) in [6.07, 6.45) is -4.45. The van der Waals surface area contributed by atoms with Gasteiger partial charge in [0.2, 0.25) is 5.82 Å². The highest BCUT2D eigenvalue weighted by atomic mass is 19.4. The number of aromatic nitrogens is 2. The Hall–Kier alpha value is -3.23. The van der Waals surface area contributed by atoms with Crippen molar-refractivity contribution in [3.05, 3.63) is 71.4 Å². The van der Waals surface area contributed by atoms with E-state index in [1.54, 1.807) is 6.07 Å². The van der Waals surface area contributed by atoms with E-state index in [2.05, 4.69) is 15.5 Å². The highest BCUT2D eigenvalue weighted by Crippen LogP contribution is 2.30. The lowest BCUT2D eigenvalue weighted by molar-refractivity contribution is -0.137. The molecule has 0 saturated heterocycles. The molecule has 1 aromatic heterocycles. The van der Waals surface area contributed by atoms with Gasteiger partial charge in [-0.05, 0) is 18.2 Å². The maximum atomic E-state index is 13.5. The molecular weight excluding hydrogens is 354 g/mol. The van der Waals surface area contributed by atoms with Gasteiger partial charge >= 0.3 is 18.0 Å².